The van der Waals surface area contributed by atoms with Crippen LogP contribution in [0.5, 0.6) is 0 Å². The summed E-state index contributed by atoms with van der Waals surface area (Å²) in [7, 11) is -2.04. The number of nitrogens with zero attached hydrogens (tertiary/aromatic N) is 2. The molecule has 55 heavy (non-hydrogen) atoms. The second-order valence-electron chi connectivity index (χ2n) is 13.2. The number of benzene rings is 4. The van der Waals surface area contributed by atoms with Crippen LogP contribution < -0.4 is 16.9 Å². The number of fused-ring (bicyclic) bond motifs is 2. The van der Waals surface area contributed by atoms with Crippen LogP contribution >= 0.6 is 10.7 Å². The number of hydrogen-bond acceptors (Lipinski definition) is 7. The van der Waals surface area contributed by atoms with Gasteiger partial charge < -0.3 is 14.9 Å². The fourth-order valence-electron chi connectivity index (χ4n) is 5.88. The molecule has 0 spiro atoms. The van der Waals surface area contributed by atoms with Gasteiger partial charge >= 0.3 is 0 Å². The number of sulfone groups is 1. The maximum absolute atomic E-state index is 13.7. The molecule has 2 heterocycles. The number of pyridine rings is 2. The molecule has 0 fully saturated rings. The van der Waals surface area contributed by atoms with Crippen LogP contribution in [0.1, 0.15) is 54.5 Å². The van der Waals surface area contributed by atoms with Crippen LogP contribution in [-0.2, 0) is 49.2 Å². The summed E-state index contributed by atoms with van der Waals surface area (Å²) in [5.74, 6) is -1.51. The van der Waals surface area contributed by atoms with Crippen molar-refractivity contribution in [1.29, 1.82) is 0 Å². The highest BCUT2D eigenvalue weighted by molar-refractivity contribution is 8.13. The standard InChI is InChI=1S/C21H22FNO3S.C12H14N2O.C8H8ClFO2S/c1-3-10-23-20-8-6-16(11-18(20)7-9-21(23)24)13-27(25,26)14-17-5-4-15(2)19(22)12-17;1-2-7-14-11-5-4-10(13)8-9(11)3-6-12(14)15;1-6-2-3-7(4-8(6)10)5-13(9,11)12/h4-9,11-12H,3,10,13-14H2,1-2H3;3-6,8H,2,7,13H2,1H3;2-4H,5H2,1H3. The van der Waals surface area contributed by atoms with Crippen LogP contribution in [0.25, 0.3) is 21.8 Å². The van der Waals surface area contributed by atoms with Gasteiger partial charge in [-0.1, -0.05) is 44.2 Å². The lowest BCUT2D eigenvalue weighted by Gasteiger charge is -2.11. The number of hydrogen-bond donors (Lipinski definition) is 1. The SMILES string of the molecule is CCCn1c(=O)ccc2cc(CS(=O)(=O)Cc3ccc(C)c(F)c3)ccc21.CCCn1c(=O)ccc2cc(N)ccc21.Cc1ccc(CS(=O)(=O)Cl)cc1F. The summed E-state index contributed by atoms with van der Waals surface area (Å²) in [4.78, 5) is 23.7. The van der Waals surface area contributed by atoms with E-state index in [4.69, 9.17) is 16.4 Å². The predicted octanol–water partition coefficient (Wildman–Crippen LogP) is 8.17. The van der Waals surface area contributed by atoms with Gasteiger partial charge in [0.1, 0.15) is 11.6 Å². The predicted molar refractivity (Wildman–Crippen MR) is 218 cm³/mol. The second kappa shape index (κ2) is 18.7. The third kappa shape index (κ3) is 12.3. The molecule has 9 nitrogen and oxygen atoms in total. The smallest absolute Gasteiger partial charge is 0.251 e. The summed E-state index contributed by atoms with van der Waals surface area (Å²) in [6, 6.07) is 26.3. The van der Waals surface area contributed by atoms with Crippen molar-refractivity contribution in [3.63, 3.8) is 0 Å². The summed E-state index contributed by atoms with van der Waals surface area (Å²) in [6.07, 6.45) is 1.78. The summed E-state index contributed by atoms with van der Waals surface area (Å²) >= 11 is 0. The van der Waals surface area contributed by atoms with Gasteiger partial charge in [-0.2, -0.15) is 0 Å². The molecule has 0 atom stereocenters. The number of halogens is 3. The van der Waals surface area contributed by atoms with Gasteiger partial charge in [-0.05, 0) is 114 Å². The first-order chi connectivity index (χ1) is 25.9. The minimum atomic E-state index is -3.60. The Balaban J connectivity index is 0.000000202. The van der Waals surface area contributed by atoms with Crippen molar-refractivity contribution in [3.8, 4) is 0 Å². The van der Waals surface area contributed by atoms with Gasteiger partial charge in [-0.3, -0.25) is 9.59 Å². The fraction of sp³-hybridized carbons (Fsp3) is 0.268. The van der Waals surface area contributed by atoms with Crippen molar-refractivity contribution in [2.75, 3.05) is 5.73 Å². The number of rotatable bonds is 10. The Hall–Kier alpha value is -4.85. The molecule has 0 saturated heterocycles. The molecule has 0 amide bonds. The Labute approximate surface area is 324 Å². The van der Waals surface area contributed by atoms with Gasteiger partial charge in [0, 0.05) is 47.0 Å². The molecule has 0 bridgehead atoms. The van der Waals surface area contributed by atoms with Crippen LogP contribution in [0, 0.1) is 25.5 Å². The van der Waals surface area contributed by atoms with E-state index in [1.54, 1.807) is 71.5 Å². The normalized spacial score (nSPS) is 11.5. The van der Waals surface area contributed by atoms with Crippen LogP contribution in [-0.4, -0.2) is 26.0 Å². The molecule has 2 aromatic heterocycles. The molecule has 292 valence electrons. The van der Waals surface area contributed by atoms with Gasteiger partial charge in [0.2, 0.25) is 9.05 Å². The van der Waals surface area contributed by atoms with Crippen LogP contribution in [0.2, 0.25) is 0 Å². The molecule has 6 aromatic rings. The Kier molecular flexibility index (Phi) is 14.5. The van der Waals surface area contributed by atoms with E-state index < -0.39 is 30.5 Å². The molecule has 6 rings (SSSR count). The molecular weight excluding hydrogens is 768 g/mol. The highest BCUT2D eigenvalue weighted by Crippen LogP contribution is 2.20. The average Bonchev–Trinajstić information content (AvgIpc) is 3.10. The minimum absolute atomic E-state index is 0.0501. The zero-order valence-electron chi connectivity index (χ0n) is 31.1. The zero-order valence-corrected chi connectivity index (χ0v) is 33.4. The largest absolute Gasteiger partial charge is 0.399 e. The Morgan fingerprint density at radius 3 is 1.45 bits per heavy atom. The third-order valence-corrected chi connectivity index (χ3v) is 11.1. The van der Waals surface area contributed by atoms with E-state index >= 15 is 0 Å². The van der Waals surface area contributed by atoms with E-state index in [0.717, 1.165) is 46.9 Å². The summed E-state index contributed by atoms with van der Waals surface area (Å²) in [5.41, 5.74) is 10.6. The first-order valence-corrected chi connectivity index (χ1v) is 21.8. The lowest BCUT2D eigenvalue weighted by molar-refractivity contribution is 0.593. The number of nitrogens with two attached hydrogens (primary N) is 1. The van der Waals surface area contributed by atoms with Gasteiger partial charge in [0.15, 0.2) is 9.84 Å². The molecule has 4 aromatic carbocycles. The molecule has 0 radical (unpaired) electrons. The number of aryl methyl sites for hydroxylation is 4. The highest BCUT2D eigenvalue weighted by atomic mass is 35.7. The topological polar surface area (TPSA) is 138 Å². The van der Waals surface area contributed by atoms with E-state index in [9.17, 15) is 35.2 Å². The summed E-state index contributed by atoms with van der Waals surface area (Å²) < 4.78 is 76.4. The van der Waals surface area contributed by atoms with Crippen molar-refractivity contribution < 1.29 is 25.6 Å². The maximum atomic E-state index is 13.7. The highest BCUT2D eigenvalue weighted by Gasteiger charge is 2.15. The number of anilines is 1. The monoisotopic (exact) mass is 811 g/mol. The zero-order chi connectivity index (χ0) is 40.5. The Morgan fingerprint density at radius 1 is 0.582 bits per heavy atom. The molecule has 0 aliphatic carbocycles. The van der Waals surface area contributed by atoms with Crippen LogP contribution in [0.4, 0.5) is 14.5 Å². The Morgan fingerprint density at radius 2 is 1.00 bits per heavy atom. The van der Waals surface area contributed by atoms with E-state index in [0.29, 0.717) is 34.4 Å². The lowest BCUT2D eigenvalue weighted by atomic mass is 10.1. The van der Waals surface area contributed by atoms with Crippen molar-refractivity contribution in [1.82, 2.24) is 9.13 Å². The minimum Gasteiger partial charge on any atom is -0.399 e. The van der Waals surface area contributed by atoms with E-state index in [-0.39, 0.29) is 28.4 Å². The van der Waals surface area contributed by atoms with Crippen molar-refractivity contribution in [3.05, 3.63) is 157 Å². The van der Waals surface area contributed by atoms with Crippen molar-refractivity contribution in [2.24, 2.45) is 0 Å². The molecule has 0 saturated carbocycles. The number of aromatic nitrogens is 2. The average molecular weight is 812 g/mol. The van der Waals surface area contributed by atoms with Gasteiger partial charge in [0.25, 0.3) is 11.1 Å². The molecule has 0 aliphatic rings. The molecule has 0 unspecified atom stereocenters. The third-order valence-electron chi connectivity index (χ3n) is 8.55. The van der Waals surface area contributed by atoms with E-state index in [1.807, 2.05) is 31.2 Å². The van der Waals surface area contributed by atoms with Gasteiger partial charge in [-0.15, -0.1) is 0 Å². The maximum Gasteiger partial charge on any atom is 0.251 e. The molecule has 14 heteroatoms. The van der Waals surface area contributed by atoms with E-state index in [1.165, 1.54) is 24.3 Å². The van der Waals surface area contributed by atoms with Crippen molar-refractivity contribution in [2.45, 2.75) is 70.9 Å². The summed E-state index contributed by atoms with van der Waals surface area (Å²) in [6.45, 7) is 8.67. The summed E-state index contributed by atoms with van der Waals surface area (Å²) in [5, 5.41) is 1.85. The van der Waals surface area contributed by atoms with Crippen LogP contribution in [0.3, 0.4) is 0 Å². The van der Waals surface area contributed by atoms with Gasteiger partial charge in [0.05, 0.1) is 28.3 Å². The first-order valence-electron chi connectivity index (χ1n) is 17.5. The fourth-order valence-corrected chi connectivity index (χ4v) is 8.32. The molecular formula is C41H44ClF2N3O6S2. The first kappa shape index (κ1) is 42.9. The second-order valence-corrected chi connectivity index (χ2v) is 18.1. The lowest BCUT2D eigenvalue weighted by Crippen LogP contribution is -2.19. The Bertz CT molecular complexity index is 2660. The van der Waals surface area contributed by atoms with Gasteiger partial charge in [-0.25, -0.2) is 25.6 Å². The van der Waals surface area contributed by atoms with E-state index in [2.05, 4.69) is 6.92 Å². The van der Waals surface area contributed by atoms with Crippen LogP contribution in [0.15, 0.2) is 107 Å². The quantitative estimate of drug-likeness (QED) is 0.109. The molecule has 0 aliphatic heterocycles. The number of nitrogen functional groups attached to an aromatic ring is 1. The van der Waals surface area contributed by atoms with Crippen molar-refractivity contribution >= 4 is 57.1 Å². The molecule has 2 N–H and O–H groups in total.